The van der Waals surface area contributed by atoms with Gasteiger partial charge in [-0.2, -0.15) is 39.5 Å². The maximum absolute atomic E-state index is 12.1. The summed E-state index contributed by atoms with van der Waals surface area (Å²) >= 11 is 3.59. The van der Waals surface area contributed by atoms with Crippen molar-refractivity contribution in [1.29, 1.82) is 0 Å². The molecule has 0 aliphatic heterocycles. The molecule has 54 heavy (non-hydrogen) atoms. The van der Waals surface area contributed by atoms with Crippen molar-refractivity contribution in [3.63, 3.8) is 0 Å². The van der Waals surface area contributed by atoms with E-state index in [-0.39, 0.29) is 0 Å². The molecule has 0 aliphatic rings. The van der Waals surface area contributed by atoms with Crippen molar-refractivity contribution < 1.29 is 64.8 Å². The van der Waals surface area contributed by atoms with Crippen LogP contribution in [0.1, 0.15) is 0 Å². The van der Waals surface area contributed by atoms with Crippen molar-refractivity contribution in [1.82, 2.24) is 0 Å². The fraction of sp³-hybridized carbons (Fsp3) is 0.118. The van der Waals surface area contributed by atoms with E-state index in [2.05, 4.69) is 133 Å². The lowest BCUT2D eigenvalue weighted by Gasteiger charge is -2.21. The van der Waals surface area contributed by atoms with Gasteiger partial charge in [0, 0.05) is 19.6 Å². The molecular formula is C34H23F9O6S5. The molecule has 0 bridgehead atoms. The van der Waals surface area contributed by atoms with Crippen molar-refractivity contribution in [2.75, 3.05) is 0 Å². The zero-order valence-corrected chi connectivity index (χ0v) is 30.8. The highest BCUT2D eigenvalue weighted by molar-refractivity contribution is 8.24. The fourth-order valence-electron chi connectivity index (χ4n) is 4.37. The van der Waals surface area contributed by atoms with Gasteiger partial charge in [0.15, 0.2) is 0 Å². The molecule has 0 radical (unpaired) electrons. The minimum Gasteiger partial charge on any atom is -0.217 e. The van der Waals surface area contributed by atoms with E-state index >= 15 is 0 Å². The average molecular weight is 859 g/mol. The SMILES string of the molecule is O=S(=O)(C(S(=O)(=O)C(F)(F)F)S(=O)(=O)C(F)(F)F)C(F)(F)F.c1ccc(-c2ccc(Sc3ccc(Sc4ccc(-c5ccccc5)cc4)cc3)cc2)cc1. The lowest BCUT2D eigenvalue weighted by molar-refractivity contribution is -0.0490. The quantitative estimate of drug-likeness (QED) is 0.135. The molecule has 0 fully saturated rings. The van der Waals surface area contributed by atoms with Gasteiger partial charge in [0.05, 0.1) is 0 Å². The van der Waals surface area contributed by atoms with Gasteiger partial charge in [0.25, 0.3) is 33.4 Å². The summed E-state index contributed by atoms with van der Waals surface area (Å²) in [5.74, 6) is 0. The Labute approximate surface area is 312 Å². The summed E-state index contributed by atoms with van der Waals surface area (Å²) in [5.41, 5.74) is -16.1. The Morgan fingerprint density at radius 1 is 0.333 bits per heavy atom. The Hall–Kier alpha value is -3.98. The van der Waals surface area contributed by atoms with Crippen LogP contribution >= 0.6 is 23.5 Å². The maximum atomic E-state index is 12.1. The topological polar surface area (TPSA) is 102 Å². The number of hydrogen-bond acceptors (Lipinski definition) is 8. The molecule has 0 amide bonds. The van der Waals surface area contributed by atoms with Gasteiger partial charge in [0.2, 0.25) is 0 Å². The molecule has 0 saturated carbocycles. The monoisotopic (exact) mass is 858 g/mol. The first-order valence-electron chi connectivity index (χ1n) is 14.6. The normalized spacial score (nSPS) is 12.9. The molecule has 0 aliphatic carbocycles. The van der Waals surface area contributed by atoms with Crippen LogP contribution in [0.4, 0.5) is 39.5 Å². The molecule has 20 heteroatoms. The summed E-state index contributed by atoms with van der Waals surface area (Å²) in [4.78, 5) is 5.01. The summed E-state index contributed by atoms with van der Waals surface area (Å²) in [6.07, 6.45) is 0. The Morgan fingerprint density at radius 3 is 0.759 bits per heavy atom. The van der Waals surface area contributed by atoms with Crippen molar-refractivity contribution in [2.24, 2.45) is 0 Å². The second kappa shape index (κ2) is 16.4. The molecule has 5 aromatic rings. The molecule has 0 saturated heterocycles. The van der Waals surface area contributed by atoms with E-state index in [9.17, 15) is 64.8 Å². The van der Waals surface area contributed by atoms with Crippen molar-refractivity contribution in [2.45, 2.75) is 40.0 Å². The Bertz CT molecular complexity index is 2140. The van der Waals surface area contributed by atoms with Gasteiger partial charge in [-0.15, -0.1) is 0 Å². The number of rotatable bonds is 9. The van der Waals surface area contributed by atoms with E-state index in [0.717, 1.165) is 0 Å². The number of alkyl halides is 9. The van der Waals surface area contributed by atoms with Gasteiger partial charge >= 0.3 is 16.5 Å². The second-order valence-corrected chi connectivity index (χ2v) is 20.0. The first-order chi connectivity index (χ1) is 24.9. The van der Waals surface area contributed by atoms with E-state index in [0.29, 0.717) is 0 Å². The third-order valence-corrected chi connectivity index (χ3v) is 17.0. The van der Waals surface area contributed by atoms with Crippen LogP contribution in [0.25, 0.3) is 22.3 Å². The average Bonchev–Trinajstić information content (AvgIpc) is 3.09. The van der Waals surface area contributed by atoms with Gasteiger partial charge in [-0.3, -0.25) is 0 Å². The highest BCUT2D eigenvalue weighted by Crippen LogP contribution is 2.43. The van der Waals surface area contributed by atoms with E-state index in [1.54, 1.807) is 23.5 Å². The van der Waals surface area contributed by atoms with Gasteiger partial charge < -0.3 is 0 Å². The van der Waals surface area contributed by atoms with E-state index in [1.807, 2.05) is 0 Å². The molecule has 0 unspecified atom stereocenters. The highest BCUT2D eigenvalue weighted by atomic mass is 32.3. The molecule has 5 aromatic carbocycles. The standard InChI is InChI=1S/C30H22S2.C4HF9O6S3/c1-3-7-23(8-4-1)25-11-15-27(16-12-25)31-29-19-21-30(22-20-29)32-28-17-13-26(14-18-28)24-9-5-2-6-10-24;5-2(6,7)20(14,15)1(21(16,17)3(8,9)10)22(18,19)4(11,12)13/h1-22H;1H. The summed E-state index contributed by atoms with van der Waals surface area (Å²) in [6.45, 7) is 0. The van der Waals surface area contributed by atoms with Crippen LogP contribution in [0.15, 0.2) is 153 Å². The maximum Gasteiger partial charge on any atom is 0.499 e. The minimum atomic E-state index is -7.94. The van der Waals surface area contributed by atoms with Crippen molar-refractivity contribution >= 4 is 53.0 Å². The lowest BCUT2D eigenvalue weighted by atomic mass is 10.1. The Balaban J connectivity index is 0.000000261. The lowest BCUT2D eigenvalue weighted by Crippen LogP contribution is -2.52. The second-order valence-electron chi connectivity index (χ2n) is 10.7. The number of halogens is 9. The first kappa shape index (κ1) is 42.8. The van der Waals surface area contributed by atoms with Gasteiger partial charge in [-0.25, -0.2) is 25.3 Å². The minimum absolute atomic E-state index is 1.25. The van der Waals surface area contributed by atoms with Gasteiger partial charge in [-0.1, -0.05) is 108 Å². The van der Waals surface area contributed by atoms with Crippen LogP contribution in [-0.4, -0.2) is 45.7 Å². The van der Waals surface area contributed by atoms with Crippen LogP contribution in [0.3, 0.4) is 0 Å². The molecular weight excluding hydrogens is 836 g/mol. The van der Waals surface area contributed by atoms with Crippen LogP contribution in [0, 0.1) is 0 Å². The van der Waals surface area contributed by atoms with Gasteiger partial charge in [0.1, 0.15) is 0 Å². The molecule has 0 atom stereocenters. The van der Waals surface area contributed by atoms with E-state index in [4.69, 9.17) is 0 Å². The van der Waals surface area contributed by atoms with Crippen LogP contribution in [-0.2, 0) is 29.5 Å². The molecule has 288 valence electrons. The molecule has 0 N–H and O–H groups in total. The zero-order chi connectivity index (χ0) is 40.2. The van der Waals surface area contributed by atoms with Crippen LogP contribution in [0.2, 0.25) is 0 Å². The van der Waals surface area contributed by atoms with Crippen LogP contribution < -0.4 is 0 Å². The largest absolute Gasteiger partial charge is 0.499 e. The highest BCUT2D eigenvalue weighted by Gasteiger charge is 2.73. The summed E-state index contributed by atoms with van der Waals surface area (Å²) < 4.78 is 167. The first-order valence-corrected chi connectivity index (χ1v) is 20.9. The molecule has 5 rings (SSSR count). The predicted molar refractivity (Wildman–Crippen MR) is 187 cm³/mol. The number of benzene rings is 5. The van der Waals surface area contributed by atoms with E-state index < -0.39 is 50.0 Å². The van der Waals surface area contributed by atoms with Crippen molar-refractivity contribution in [3.8, 4) is 22.3 Å². The molecule has 0 heterocycles. The summed E-state index contributed by atoms with van der Waals surface area (Å²) in [7, 11) is -23.8. The summed E-state index contributed by atoms with van der Waals surface area (Å²) in [6, 6.07) is 47.4. The summed E-state index contributed by atoms with van der Waals surface area (Å²) in [5, 5.41) is 0. The predicted octanol–water partition coefficient (Wildman–Crippen LogP) is 10.4. The van der Waals surface area contributed by atoms with Crippen LogP contribution in [0.5, 0.6) is 0 Å². The Kier molecular flexibility index (Phi) is 13.0. The third kappa shape index (κ3) is 10.0. The molecule has 0 aromatic heterocycles. The van der Waals surface area contributed by atoms with Gasteiger partial charge in [-0.05, 0) is 70.8 Å². The number of sulfone groups is 3. The molecule has 0 spiro atoms. The Morgan fingerprint density at radius 2 is 0.537 bits per heavy atom. The smallest absolute Gasteiger partial charge is 0.217 e. The third-order valence-electron chi connectivity index (χ3n) is 6.95. The van der Waals surface area contributed by atoms with Crippen molar-refractivity contribution in [3.05, 3.63) is 133 Å². The number of hydrogen-bond donors (Lipinski definition) is 0. The fourth-order valence-corrected chi connectivity index (χ4v) is 12.6. The molecule has 6 nitrogen and oxygen atoms in total. The zero-order valence-electron chi connectivity index (χ0n) is 26.7. The van der Waals surface area contributed by atoms with E-state index in [1.165, 1.54) is 41.8 Å².